The Labute approximate surface area is 216 Å². The SMILES string of the molecule is Cc1cc(NC(=O)NC2CCCc3c2cc(S(=O)(=O)NCC(C)(C)F)c2cc(C4CC4)ncc32)n(C)n1. The molecule has 2 heterocycles. The van der Waals surface area contributed by atoms with E-state index in [2.05, 4.69) is 25.4 Å². The average Bonchev–Trinajstić information content (AvgIpc) is 3.62. The molecule has 37 heavy (non-hydrogen) atoms. The number of carbonyl (C=O) groups excluding carboxylic acids is 1. The second-order valence-electron chi connectivity index (χ2n) is 10.8. The number of fused-ring (bicyclic) bond motifs is 3. The van der Waals surface area contributed by atoms with Crippen LogP contribution in [0, 0.1) is 6.92 Å². The Morgan fingerprint density at radius 1 is 1.19 bits per heavy atom. The van der Waals surface area contributed by atoms with E-state index in [1.54, 1.807) is 30.1 Å². The minimum Gasteiger partial charge on any atom is -0.331 e. The number of hydrogen-bond donors (Lipinski definition) is 3. The van der Waals surface area contributed by atoms with Crippen molar-refractivity contribution in [1.29, 1.82) is 0 Å². The van der Waals surface area contributed by atoms with Gasteiger partial charge in [-0.2, -0.15) is 5.10 Å². The van der Waals surface area contributed by atoms with Crippen LogP contribution in [0.3, 0.4) is 0 Å². The smallest absolute Gasteiger partial charge is 0.320 e. The number of alkyl halides is 1. The van der Waals surface area contributed by atoms with E-state index in [-0.39, 0.29) is 11.4 Å². The number of nitrogens with one attached hydrogen (secondary N) is 3. The van der Waals surface area contributed by atoms with Crippen molar-refractivity contribution in [3.63, 3.8) is 0 Å². The summed E-state index contributed by atoms with van der Waals surface area (Å²) in [6.45, 7) is 4.16. The van der Waals surface area contributed by atoms with Crippen LogP contribution >= 0.6 is 0 Å². The van der Waals surface area contributed by atoms with E-state index in [1.807, 2.05) is 13.0 Å². The maximum Gasteiger partial charge on any atom is 0.320 e. The van der Waals surface area contributed by atoms with Gasteiger partial charge in [-0.05, 0) is 76.1 Å². The van der Waals surface area contributed by atoms with Gasteiger partial charge in [-0.15, -0.1) is 0 Å². The molecule has 0 radical (unpaired) electrons. The van der Waals surface area contributed by atoms with Gasteiger partial charge in [0.05, 0.1) is 16.6 Å². The van der Waals surface area contributed by atoms with E-state index in [9.17, 15) is 17.6 Å². The number of pyridine rings is 1. The Balaban J connectivity index is 1.54. The second kappa shape index (κ2) is 9.36. The van der Waals surface area contributed by atoms with Crippen LogP contribution in [0.25, 0.3) is 10.8 Å². The predicted molar refractivity (Wildman–Crippen MR) is 140 cm³/mol. The summed E-state index contributed by atoms with van der Waals surface area (Å²) in [6.07, 6.45) is 6.09. The Morgan fingerprint density at radius 3 is 2.59 bits per heavy atom. The fourth-order valence-corrected chi connectivity index (χ4v) is 6.39. The molecule has 3 aromatic rings. The molecule has 1 fully saturated rings. The molecule has 1 atom stereocenters. The highest BCUT2D eigenvalue weighted by Gasteiger charge is 2.31. The van der Waals surface area contributed by atoms with Crippen molar-refractivity contribution in [2.45, 2.75) is 75.4 Å². The molecular formula is C26H33FN6O3S. The Morgan fingerprint density at radius 2 is 1.95 bits per heavy atom. The molecule has 1 aromatic carbocycles. The van der Waals surface area contributed by atoms with Gasteiger partial charge in [-0.1, -0.05) is 0 Å². The molecule has 2 aliphatic rings. The molecule has 2 aromatic heterocycles. The number of sulfonamides is 1. The number of anilines is 1. The van der Waals surface area contributed by atoms with Gasteiger partial charge in [0.15, 0.2) is 0 Å². The third-order valence-corrected chi connectivity index (χ3v) is 8.40. The predicted octanol–water partition coefficient (Wildman–Crippen LogP) is 4.38. The van der Waals surface area contributed by atoms with Gasteiger partial charge < -0.3 is 5.32 Å². The van der Waals surface area contributed by atoms with Gasteiger partial charge in [0.1, 0.15) is 11.5 Å². The highest BCUT2D eigenvalue weighted by atomic mass is 32.2. The van der Waals surface area contributed by atoms with Crippen molar-refractivity contribution >= 4 is 32.6 Å². The van der Waals surface area contributed by atoms with Crippen LogP contribution in [-0.2, 0) is 23.5 Å². The van der Waals surface area contributed by atoms with E-state index in [4.69, 9.17) is 0 Å². The fraction of sp³-hybridized carbons (Fsp3) is 0.500. The molecule has 0 bridgehead atoms. The van der Waals surface area contributed by atoms with E-state index in [0.717, 1.165) is 53.6 Å². The van der Waals surface area contributed by atoms with Gasteiger partial charge in [0, 0.05) is 48.2 Å². The van der Waals surface area contributed by atoms with Gasteiger partial charge >= 0.3 is 6.03 Å². The first-order valence-corrected chi connectivity index (χ1v) is 14.1. The number of halogens is 1. The van der Waals surface area contributed by atoms with Crippen LogP contribution in [0.4, 0.5) is 15.0 Å². The van der Waals surface area contributed by atoms with Gasteiger partial charge in [0.25, 0.3) is 0 Å². The minimum atomic E-state index is -4.04. The monoisotopic (exact) mass is 528 g/mol. The Hall–Kier alpha value is -3.05. The van der Waals surface area contributed by atoms with Crippen molar-refractivity contribution in [3.8, 4) is 0 Å². The van der Waals surface area contributed by atoms with Crippen LogP contribution in [0.2, 0.25) is 0 Å². The third kappa shape index (κ3) is 5.47. The van der Waals surface area contributed by atoms with Crippen molar-refractivity contribution in [3.05, 3.63) is 46.9 Å². The summed E-state index contributed by atoms with van der Waals surface area (Å²) in [5.41, 5.74) is 1.69. The number of carbonyl (C=O) groups is 1. The molecule has 9 nitrogen and oxygen atoms in total. The molecule has 1 saturated carbocycles. The quantitative estimate of drug-likeness (QED) is 0.421. The van der Waals surface area contributed by atoms with Gasteiger partial charge in [-0.25, -0.2) is 22.3 Å². The number of hydrogen-bond acceptors (Lipinski definition) is 5. The zero-order valence-electron chi connectivity index (χ0n) is 21.6. The standard InChI is InChI=1S/C26H33FN6O3S/c1-15-10-24(33(4)32-15)31-25(34)30-21-7-5-6-17-18(21)12-23(37(35,36)29-14-26(2,3)27)19-11-22(16-8-9-16)28-13-20(17)19/h10-13,16,21,29H,5-9,14H2,1-4H3,(H2,30,31,34). The summed E-state index contributed by atoms with van der Waals surface area (Å²) in [5.74, 6) is 0.908. The van der Waals surface area contributed by atoms with E-state index < -0.39 is 27.8 Å². The summed E-state index contributed by atoms with van der Waals surface area (Å²) in [5, 5.41) is 11.4. The third-order valence-electron chi connectivity index (χ3n) is 6.96. The number of amides is 2. The summed E-state index contributed by atoms with van der Waals surface area (Å²) in [7, 11) is -2.29. The van der Waals surface area contributed by atoms with Crippen LogP contribution in [0.5, 0.6) is 0 Å². The summed E-state index contributed by atoms with van der Waals surface area (Å²) < 4.78 is 45.2. The maximum atomic E-state index is 14.2. The van der Waals surface area contributed by atoms with Crippen molar-refractivity contribution in [2.24, 2.45) is 7.05 Å². The zero-order chi connectivity index (χ0) is 26.5. The van der Waals surface area contributed by atoms with Crippen LogP contribution in [0.1, 0.15) is 74.0 Å². The number of aryl methyl sites for hydroxylation is 3. The van der Waals surface area contributed by atoms with E-state index >= 15 is 0 Å². The molecule has 1 unspecified atom stereocenters. The highest BCUT2D eigenvalue weighted by molar-refractivity contribution is 7.89. The van der Waals surface area contributed by atoms with E-state index in [1.165, 1.54) is 13.8 Å². The first kappa shape index (κ1) is 25.6. The number of benzene rings is 1. The zero-order valence-corrected chi connectivity index (χ0v) is 22.4. The Kier molecular flexibility index (Phi) is 6.47. The molecule has 2 aliphatic carbocycles. The molecule has 2 amide bonds. The average molecular weight is 529 g/mol. The summed E-state index contributed by atoms with van der Waals surface area (Å²) in [4.78, 5) is 17.6. The highest BCUT2D eigenvalue weighted by Crippen LogP contribution is 2.43. The molecule has 198 valence electrons. The lowest BCUT2D eigenvalue weighted by atomic mass is 9.84. The van der Waals surface area contributed by atoms with Crippen molar-refractivity contribution in [1.82, 2.24) is 24.8 Å². The minimum absolute atomic E-state index is 0.0890. The first-order chi connectivity index (χ1) is 17.4. The molecular weight excluding hydrogens is 495 g/mol. The Bertz CT molecular complexity index is 1470. The lowest BCUT2D eigenvalue weighted by Crippen LogP contribution is -2.36. The first-order valence-electron chi connectivity index (χ1n) is 12.6. The topological polar surface area (TPSA) is 118 Å². The summed E-state index contributed by atoms with van der Waals surface area (Å²) >= 11 is 0. The van der Waals surface area contributed by atoms with Gasteiger partial charge in [0.2, 0.25) is 10.0 Å². The number of urea groups is 1. The lowest BCUT2D eigenvalue weighted by molar-refractivity contribution is 0.221. The van der Waals surface area contributed by atoms with Crippen LogP contribution in [-0.4, -0.2) is 41.4 Å². The second-order valence-corrected chi connectivity index (χ2v) is 12.5. The van der Waals surface area contributed by atoms with Crippen LogP contribution in [0.15, 0.2) is 29.3 Å². The van der Waals surface area contributed by atoms with Crippen molar-refractivity contribution < 1.29 is 17.6 Å². The fourth-order valence-electron chi connectivity index (χ4n) is 4.96. The molecule has 11 heteroatoms. The van der Waals surface area contributed by atoms with Gasteiger partial charge in [-0.3, -0.25) is 15.0 Å². The van der Waals surface area contributed by atoms with Crippen LogP contribution < -0.4 is 15.4 Å². The number of nitrogens with zero attached hydrogens (tertiary/aromatic N) is 3. The molecule has 0 aliphatic heterocycles. The molecule has 0 saturated heterocycles. The number of aromatic nitrogens is 3. The maximum absolute atomic E-state index is 14.2. The summed E-state index contributed by atoms with van der Waals surface area (Å²) in [6, 6.07) is 4.51. The normalized spacial score (nSPS) is 18.0. The molecule has 3 N–H and O–H groups in total. The molecule has 0 spiro atoms. The van der Waals surface area contributed by atoms with E-state index in [0.29, 0.717) is 23.5 Å². The lowest BCUT2D eigenvalue weighted by Gasteiger charge is -2.29. The largest absolute Gasteiger partial charge is 0.331 e. The molecule has 5 rings (SSSR count). The number of rotatable bonds is 7. The van der Waals surface area contributed by atoms with Crippen molar-refractivity contribution in [2.75, 3.05) is 11.9 Å².